The van der Waals surface area contributed by atoms with Crippen molar-refractivity contribution in [3.8, 4) is 0 Å². The number of amides is 2. The number of anilines is 1. The molecule has 4 aliphatic rings. The van der Waals surface area contributed by atoms with Gasteiger partial charge >= 0.3 is 0 Å². The Kier molecular flexibility index (Phi) is 3.46. The Morgan fingerprint density at radius 3 is 2.33 bits per heavy atom. The van der Waals surface area contributed by atoms with Gasteiger partial charge in [-0.3, -0.25) is 14.7 Å². The lowest BCUT2D eigenvalue weighted by atomic mass is 9.34. The van der Waals surface area contributed by atoms with Gasteiger partial charge in [-0.25, -0.2) is 0 Å². The van der Waals surface area contributed by atoms with Crippen LogP contribution in [0.4, 0.5) is 5.69 Å². The van der Waals surface area contributed by atoms with E-state index in [1.54, 1.807) is 24.3 Å². The van der Waals surface area contributed by atoms with E-state index < -0.39 is 0 Å². The summed E-state index contributed by atoms with van der Waals surface area (Å²) in [5.41, 5.74) is 0.181. The molecule has 2 N–H and O–H groups in total. The molecule has 1 aromatic rings. The number of hydrogen-bond acceptors (Lipinski definition) is 4. The molecule has 2 amide bonds. The number of nitrogens with one attached hydrogen (secondary N) is 2. The van der Waals surface area contributed by atoms with E-state index in [9.17, 15) is 9.59 Å². The average molecular weight is 331 g/mol. The topological polar surface area (TPSA) is 81.3 Å². The van der Waals surface area contributed by atoms with Crippen LogP contribution in [0.15, 0.2) is 12.4 Å². The molecule has 7 heteroatoms. The molecule has 0 spiro atoms. The van der Waals surface area contributed by atoms with Gasteiger partial charge in [-0.2, -0.15) is 5.10 Å². The number of rotatable bonds is 4. The van der Waals surface area contributed by atoms with Gasteiger partial charge in [-0.15, -0.1) is 0 Å². The predicted octanol–water partition coefficient (Wildman–Crippen LogP) is 0.753. The molecule has 0 unspecified atom stereocenters. The Labute approximate surface area is 141 Å². The van der Waals surface area contributed by atoms with E-state index in [4.69, 9.17) is 0 Å². The van der Waals surface area contributed by atoms with Crippen LogP contribution < -0.4 is 10.2 Å². The highest BCUT2D eigenvalue weighted by Crippen LogP contribution is 2.74. The average Bonchev–Trinajstić information content (AvgIpc) is 3.05. The molecule has 0 aromatic carbocycles. The normalized spacial score (nSPS) is 31.8. The summed E-state index contributed by atoms with van der Waals surface area (Å²) < 4.78 is 0. The number of aromatic nitrogens is 2. The van der Waals surface area contributed by atoms with Crippen molar-refractivity contribution in [3.63, 3.8) is 0 Å². The minimum absolute atomic E-state index is 0.114. The minimum Gasteiger partial charge on any atom is -0.342 e. The zero-order valence-electron chi connectivity index (χ0n) is 14.3. The molecular weight excluding hydrogens is 306 g/mol. The fraction of sp³-hybridized carbons (Fsp3) is 0.706. The van der Waals surface area contributed by atoms with Crippen molar-refractivity contribution in [3.05, 3.63) is 12.4 Å². The predicted molar refractivity (Wildman–Crippen MR) is 89.4 cm³/mol. The Hall–Kier alpha value is -1.89. The molecule has 4 fully saturated rings. The third-order valence-corrected chi connectivity index (χ3v) is 6.29. The van der Waals surface area contributed by atoms with Gasteiger partial charge in [0.25, 0.3) is 0 Å². The Morgan fingerprint density at radius 1 is 1.12 bits per heavy atom. The second-order valence-corrected chi connectivity index (χ2v) is 7.81. The van der Waals surface area contributed by atoms with Crippen LogP contribution in [0.25, 0.3) is 0 Å². The molecule has 3 aliphatic carbocycles. The number of H-pyrrole nitrogens is 1. The van der Waals surface area contributed by atoms with Crippen LogP contribution in [0.5, 0.6) is 0 Å². The van der Waals surface area contributed by atoms with Gasteiger partial charge < -0.3 is 15.1 Å². The van der Waals surface area contributed by atoms with Crippen molar-refractivity contribution in [2.24, 2.45) is 10.8 Å². The van der Waals surface area contributed by atoms with Gasteiger partial charge in [0.15, 0.2) is 0 Å². The number of carbonyl (C=O) groups excluding carboxylic acids is 2. The van der Waals surface area contributed by atoms with Crippen LogP contribution in [-0.2, 0) is 9.59 Å². The van der Waals surface area contributed by atoms with Gasteiger partial charge in [0.1, 0.15) is 0 Å². The van der Waals surface area contributed by atoms with Crippen LogP contribution in [0.1, 0.15) is 32.1 Å². The summed E-state index contributed by atoms with van der Waals surface area (Å²) in [6.07, 6.45) is 7.51. The first kappa shape index (κ1) is 15.6. The lowest BCUT2D eigenvalue weighted by molar-refractivity contribution is -0.214. The lowest BCUT2D eigenvalue weighted by Gasteiger charge is -2.69. The van der Waals surface area contributed by atoms with Crippen molar-refractivity contribution in [2.45, 2.75) is 38.1 Å². The summed E-state index contributed by atoms with van der Waals surface area (Å²) in [4.78, 5) is 29.3. The fourth-order valence-corrected chi connectivity index (χ4v) is 4.88. The van der Waals surface area contributed by atoms with Crippen molar-refractivity contribution < 1.29 is 9.59 Å². The first-order chi connectivity index (χ1) is 11.5. The smallest absolute Gasteiger partial charge is 0.233 e. The number of aromatic amines is 1. The maximum Gasteiger partial charge on any atom is 0.233 e. The summed E-state index contributed by atoms with van der Waals surface area (Å²) >= 11 is 0. The van der Waals surface area contributed by atoms with E-state index in [0.717, 1.165) is 31.6 Å². The van der Waals surface area contributed by atoms with E-state index in [-0.39, 0.29) is 22.6 Å². The van der Waals surface area contributed by atoms with E-state index in [0.29, 0.717) is 25.3 Å². The first-order valence-corrected chi connectivity index (χ1v) is 8.72. The number of piperidine rings is 1. The highest BCUT2D eigenvalue weighted by molar-refractivity contribution is 6.03. The van der Waals surface area contributed by atoms with Crippen LogP contribution in [-0.4, -0.2) is 60.1 Å². The molecule has 5 rings (SSSR count). The summed E-state index contributed by atoms with van der Waals surface area (Å²) in [5, 5.41) is 9.97. The minimum atomic E-state index is -0.323. The number of carbonyl (C=O) groups is 2. The van der Waals surface area contributed by atoms with Crippen LogP contribution >= 0.6 is 0 Å². The van der Waals surface area contributed by atoms with Gasteiger partial charge in [0, 0.05) is 26.3 Å². The highest BCUT2D eigenvalue weighted by Gasteiger charge is 2.75. The zero-order valence-corrected chi connectivity index (χ0v) is 14.3. The van der Waals surface area contributed by atoms with Crippen molar-refractivity contribution in [2.75, 3.05) is 32.1 Å². The molecule has 24 heavy (non-hydrogen) atoms. The molecule has 0 atom stereocenters. The third-order valence-electron chi connectivity index (χ3n) is 6.29. The monoisotopic (exact) mass is 331 g/mol. The number of nitrogens with zero attached hydrogens (tertiary/aromatic N) is 3. The van der Waals surface area contributed by atoms with E-state index in [1.165, 1.54) is 0 Å². The molecule has 3 saturated carbocycles. The van der Waals surface area contributed by atoms with Gasteiger partial charge in [-0.05, 0) is 45.2 Å². The summed E-state index contributed by atoms with van der Waals surface area (Å²) in [6.45, 7) is 1.96. The molecule has 0 radical (unpaired) electrons. The third kappa shape index (κ3) is 2.10. The molecule has 2 heterocycles. The number of hydrogen-bond donors (Lipinski definition) is 2. The Morgan fingerprint density at radius 2 is 1.75 bits per heavy atom. The first-order valence-electron chi connectivity index (χ1n) is 8.72. The Balaban J connectivity index is 1.38. The summed E-state index contributed by atoms with van der Waals surface area (Å²) in [5.74, 6) is 0.359. The molecule has 1 saturated heterocycles. The molecule has 7 nitrogen and oxygen atoms in total. The largest absolute Gasteiger partial charge is 0.342 e. The van der Waals surface area contributed by atoms with Crippen molar-refractivity contribution in [1.29, 1.82) is 0 Å². The van der Waals surface area contributed by atoms with E-state index >= 15 is 0 Å². The van der Waals surface area contributed by atoms with Gasteiger partial charge in [0.2, 0.25) is 11.8 Å². The van der Waals surface area contributed by atoms with Gasteiger partial charge in [0.05, 0.1) is 22.7 Å². The highest BCUT2D eigenvalue weighted by atomic mass is 16.2. The summed E-state index contributed by atoms with van der Waals surface area (Å²) in [7, 11) is 3.72. The van der Waals surface area contributed by atoms with Crippen LogP contribution in [0.2, 0.25) is 0 Å². The maximum atomic E-state index is 12.9. The maximum absolute atomic E-state index is 12.9. The van der Waals surface area contributed by atoms with Crippen LogP contribution in [0, 0.1) is 10.8 Å². The fourth-order valence-electron chi connectivity index (χ4n) is 4.88. The van der Waals surface area contributed by atoms with Crippen molar-refractivity contribution in [1.82, 2.24) is 20.4 Å². The van der Waals surface area contributed by atoms with Crippen LogP contribution in [0.3, 0.4) is 0 Å². The van der Waals surface area contributed by atoms with E-state index in [2.05, 4.69) is 15.5 Å². The molecule has 1 aromatic heterocycles. The molecular formula is C17H25N5O2. The molecule has 1 aliphatic heterocycles. The van der Waals surface area contributed by atoms with E-state index in [1.807, 2.05) is 11.9 Å². The second kappa shape index (κ2) is 5.31. The standard InChI is InChI=1S/C17H25N5O2/c1-21(12-3-5-18-6-4-12)14(23)16-9-17(10-16,11-16)15(24)22(2)13-7-19-20-8-13/h7-8,12,18H,3-6,9-11H2,1-2H3,(H,19,20). The SMILES string of the molecule is CN(C(=O)C12CC(C(=O)N(C)C3CCNCC3)(C1)C2)c1cn[nH]c1. The van der Waals surface area contributed by atoms with Gasteiger partial charge in [-0.1, -0.05) is 0 Å². The zero-order chi connectivity index (χ0) is 16.9. The molecule has 2 bridgehead atoms. The second-order valence-electron chi connectivity index (χ2n) is 7.81. The molecule has 130 valence electrons. The quantitative estimate of drug-likeness (QED) is 0.853. The Bertz CT molecular complexity index is 630. The summed E-state index contributed by atoms with van der Waals surface area (Å²) in [6, 6.07) is 0.341. The van der Waals surface area contributed by atoms with Crippen molar-refractivity contribution >= 4 is 17.5 Å². The lowest BCUT2D eigenvalue weighted by Crippen LogP contribution is -2.73.